The average Bonchev–Trinajstić information content (AvgIpc) is 2.36. The minimum absolute atomic E-state index is 0.260. The summed E-state index contributed by atoms with van der Waals surface area (Å²) in [6.45, 7) is 1.18. The lowest BCUT2D eigenvalue weighted by molar-refractivity contribution is 0.413. The van der Waals surface area contributed by atoms with E-state index in [-0.39, 0.29) is 5.56 Å². The van der Waals surface area contributed by atoms with Crippen LogP contribution < -0.4 is 11.2 Å². The van der Waals surface area contributed by atoms with Crippen LogP contribution >= 0.6 is 0 Å². The van der Waals surface area contributed by atoms with Gasteiger partial charge in [-0.3, -0.25) is 9.78 Å². The van der Waals surface area contributed by atoms with Crippen molar-refractivity contribution in [3.05, 3.63) is 56.0 Å². The number of H-pyrrole nitrogens is 1. The van der Waals surface area contributed by atoms with Gasteiger partial charge < -0.3 is 5.11 Å². The van der Waals surface area contributed by atoms with E-state index in [1.54, 1.807) is 0 Å². The monoisotopic (exact) mass is 272 g/mol. The van der Waals surface area contributed by atoms with Crippen LogP contribution in [0.2, 0.25) is 0 Å². The van der Waals surface area contributed by atoms with Crippen LogP contribution in [0.5, 0.6) is 5.88 Å². The molecule has 100 valence electrons. The lowest BCUT2D eigenvalue weighted by Gasteiger charge is -2.10. The van der Waals surface area contributed by atoms with Gasteiger partial charge in [0.2, 0.25) is 5.88 Å². The first-order chi connectivity index (χ1) is 8.84. The Bertz CT molecular complexity index is 780. The molecule has 19 heavy (non-hydrogen) atoms. The van der Waals surface area contributed by atoms with Gasteiger partial charge in [-0.1, -0.05) is 0 Å². The molecule has 0 saturated heterocycles. The van der Waals surface area contributed by atoms with Crippen molar-refractivity contribution in [3.8, 4) is 11.6 Å². The molecule has 0 atom stereocenters. The fourth-order valence-corrected chi connectivity index (χ4v) is 1.52. The number of benzene rings is 1. The maximum atomic E-state index is 13.6. The van der Waals surface area contributed by atoms with Gasteiger partial charge in [0, 0.05) is 0 Å². The normalized spacial score (nSPS) is 10.7. The summed E-state index contributed by atoms with van der Waals surface area (Å²) < 4.78 is 39.8. The Hall–Kier alpha value is -2.51. The Morgan fingerprint density at radius 2 is 1.79 bits per heavy atom. The maximum absolute atomic E-state index is 13.6. The average molecular weight is 272 g/mol. The van der Waals surface area contributed by atoms with Gasteiger partial charge >= 0.3 is 5.69 Å². The molecule has 1 aromatic heterocycles. The first-order valence-corrected chi connectivity index (χ1v) is 5.03. The summed E-state index contributed by atoms with van der Waals surface area (Å²) in [5, 5.41) is 9.66. The number of rotatable bonds is 1. The number of aromatic amines is 1. The number of halogens is 3. The number of aromatic nitrogens is 2. The fraction of sp³-hybridized carbons (Fsp3) is 0.0909. The SMILES string of the molecule is Cc1c(O)n(-c2ccc(F)c(F)c2F)c(=O)[nH]c1=O. The highest BCUT2D eigenvalue weighted by Gasteiger charge is 2.19. The molecule has 0 radical (unpaired) electrons. The molecule has 0 aliphatic rings. The molecule has 2 N–H and O–H groups in total. The van der Waals surface area contributed by atoms with E-state index in [1.165, 1.54) is 6.92 Å². The van der Waals surface area contributed by atoms with Gasteiger partial charge in [0.15, 0.2) is 17.5 Å². The summed E-state index contributed by atoms with van der Waals surface area (Å²) in [5.41, 5.74) is -3.00. The smallest absolute Gasteiger partial charge is 0.335 e. The van der Waals surface area contributed by atoms with Gasteiger partial charge in [0.25, 0.3) is 5.56 Å². The molecule has 0 aliphatic carbocycles. The van der Waals surface area contributed by atoms with Crippen LogP contribution in [-0.2, 0) is 0 Å². The van der Waals surface area contributed by atoms with E-state index in [4.69, 9.17) is 0 Å². The quantitative estimate of drug-likeness (QED) is 0.759. The van der Waals surface area contributed by atoms with Gasteiger partial charge in [-0.2, -0.15) is 0 Å². The lowest BCUT2D eigenvalue weighted by atomic mass is 10.2. The molecule has 1 aromatic carbocycles. The number of hydrogen-bond donors (Lipinski definition) is 2. The van der Waals surface area contributed by atoms with Crippen molar-refractivity contribution in [1.29, 1.82) is 0 Å². The molecule has 0 unspecified atom stereocenters. The third-order valence-corrected chi connectivity index (χ3v) is 2.57. The molecular formula is C11H7F3N2O3. The molecule has 8 heteroatoms. The fourth-order valence-electron chi connectivity index (χ4n) is 1.52. The summed E-state index contributed by atoms with van der Waals surface area (Å²) in [6, 6.07) is 1.37. The minimum atomic E-state index is -1.78. The van der Waals surface area contributed by atoms with Crippen molar-refractivity contribution >= 4 is 0 Å². The lowest BCUT2D eigenvalue weighted by Crippen LogP contribution is -2.31. The number of aromatic hydroxyl groups is 1. The summed E-state index contributed by atoms with van der Waals surface area (Å²) >= 11 is 0. The van der Waals surface area contributed by atoms with Crippen LogP contribution in [0.4, 0.5) is 13.2 Å². The second-order valence-electron chi connectivity index (χ2n) is 3.74. The predicted molar refractivity (Wildman–Crippen MR) is 58.9 cm³/mol. The molecule has 0 amide bonds. The summed E-state index contributed by atoms with van der Waals surface area (Å²) in [6.07, 6.45) is 0. The van der Waals surface area contributed by atoms with Crippen molar-refractivity contribution in [2.75, 3.05) is 0 Å². The third-order valence-electron chi connectivity index (χ3n) is 2.57. The Balaban J connectivity index is 2.88. The van der Waals surface area contributed by atoms with E-state index in [9.17, 15) is 27.9 Å². The van der Waals surface area contributed by atoms with Gasteiger partial charge in [-0.15, -0.1) is 0 Å². The zero-order valence-corrected chi connectivity index (χ0v) is 9.50. The molecule has 2 aromatic rings. The molecule has 0 fully saturated rings. The van der Waals surface area contributed by atoms with Crippen LogP contribution in [0.15, 0.2) is 21.7 Å². The Kier molecular flexibility index (Phi) is 2.93. The standard InChI is InChI=1S/C11H7F3N2O3/c1-4-9(17)15-11(19)16(10(4)18)6-3-2-5(12)7(13)8(6)14/h2-3,18H,1H3,(H,15,17,19). The zero-order valence-electron chi connectivity index (χ0n) is 9.50. The van der Waals surface area contributed by atoms with E-state index >= 15 is 0 Å². The summed E-state index contributed by atoms with van der Waals surface area (Å²) in [4.78, 5) is 24.5. The van der Waals surface area contributed by atoms with E-state index in [0.29, 0.717) is 10.6 Å². The van der Waals surface area contributed by atoms with E-state index in [2.05, 4.69) is 0 Å². The molecule has 0 spiro atoms. The molecule has 2 rings (SSSR count). The highest BCUT2D eigenvalue weighted by molar-refractivity contribution is 5.39. The molecule has 0 aliphatic heterocycles. The van der Waals surface area contributed by atoms with Crippen LogP contribution in [0.3, 0.4) is 0 Å². The summed E-state index contributed by atoms with van der Waals surface area (Å²) in [7, 11) is 0. The van der Waals surface area contributed by atoms with Crippen molar-refractivity contribution in [2.45, 2.75) is 6.92 Å². The predicted octanol–water partition coefficient (Wildman–Crippen LogP) is 0.957. The van der Waals surface area contributed by atoms with E-state index < -0.39 is 40.3 Å². The highest BCUT2D eigenvalue weighted by atomic mass is 19.2. The minimum Gasteiger partial charge on any atom is -0.494 e. The largest absolute Gasteiger partial charge is 0.494 e. The second kappa shape index (κ2) is 4.30. The van der Waals surface area contributed by atoms with E-state index in [1.807, 2.05) is 4.98 Å². The van der Waals surface area contributed by atoms with Crippen molar-refractivity contribution in [3.63, 3.8) is 0 Å². The molecular weight excluding hydrogens is 265 g/mol. The van der Waals surface area contributed by atoms with Crippen LogP contribution in [0.25, 0.3) is 5.69 Å². The zero-order chi connectivity index (χ0) is 14.3. The number of nitrogens with one attached hydrogen (secondary N) is 1. The first-order valence-electron chi connectivity index (χ1n) is 5.03. The highest BCUT2D eigenvalue weighted by Crippen LogP contribution is 2.21. The van der Waals surface area contributed by atoms with Gasteiger partial charge in [0.05, 0.1) is 11.3 Å². The van der Waals surface area contributed by atoms with Gasteiger partial charge in [-0.25, -0.2) is 22.5 Å². The Labute approximate surface area is 103 Å². The van der Waals surface area contributed by atoms with Gasteiger partial charge in [0.1, 0.15) is 0 Å². The molecule has 1 heterocycles. The molecule has 0 bridgehead atoms. The van der Waals surface area contributed by atoms with Crippen molar-refractivity contribution < 1.29 is 18.3 Å². The topological polar surface area (TPSA) is 75.1 Å². The van der Waals surface area contributed by atoms with E-state index in [0.717, 1.165) is 6.07 Å². The van der Waals surface area contributed by atoms with Gasteiger partial charge in [-0.05, 0) is 19.1 Å². The maximum Gasteiger partial charge on any atom is 0.335 e. The summed E-state index contributed by atoms with van der Waals surface area (Å²) in [5.74, 6) is -5.72. The third kappa shape index (κ3) is 1.90. The first kappa shape index (κ1) is 12.9. The Morgan fingerprint density at radius 1 is 1.16 bits per heavy atom. The number of hydrogen-bond acceptors (Lipinski definition) is 3. The Morgan fingerprint density at radius 3 is 2.42 bits per heavy atom. The molecule has 5 nitrogen and oxygen atoms in total. The second-order valence-corrected chi connectivity index (χ2v) is 3.74. The van der Waals surface area contributed by atoms with Crippen LogP contribution in [-0.4, -0.2) is 14.7 Å². The van der Waals surface area contributed by atoms with Crippen molar-refractivity contribution in [2.24, 2.45) is 0 Å². The van der Waals surface area contributed by atoms with Crippen LogP contribution in [0, 0.1) is 24.4 Å². The number of nitrogens with zero attached hydrogens (tertiary/aromatic N) is 1. The van der Waals surface area contributed by atoms with Crippen LogP contribution in [0.1, 0.15) is 5.56 Å². The molecule has 0 saturated carbocycles. The van der Waals surface area contributed by atoms with Crippen molar-refractivity contribution in [1.82, 2.24) is 9.55 Å².